The third-order valence-corrected chi connectivity index (χ3v) is 5.76. The van der Waals surface area contributed by atoms with E-state index in [9.17, 15) is 26.4 Å². The summed E-state index contributed by atoms with van der Waals surface area (Å²) in [7, 11) is -3.19. The minimum atomic E-state index is -3.19. The molecule has 1 aromatic carbocycles. The number of carbonyl (C=O) groups excluding carboxylic acids is 1. The second-order valence-corrected chi connectivity index (χ2v) is 7.98. The fourth-order valence-corrected chi connectivity index (χ4v) is 4.52. The van der Waals surface area contributed by atoms with Gasteiger partial charge in [0.1, 0.15) is 0 Å². The molecule has 8 heteroatoms. The molecule has 2 fully saturated rings. The average molecular weight is 333 g/mol. The van der Waals surface area contributed by atoms with Crippen molar-refractivity contribution < 1.29 is 26.4 Å². The van der Waals surface area contributed by atoms with Crippen molar-refractivity contribution in [3.05, 3.63) is 35.1 Å². The standard InChI is InChI=1S/C14H14F3NO3S/c15-11-5-8(6-12(16)13(11)17)14(19)18(9-1-2-9)10-3-4-22(20,21)7-10/h5-6,9-10H,1-4,7H2. The van der Waals surface area contributed by atoms with Crippen molar-refractivity contribution in [2.45, 2.75) is 31.3 Å². The lowest BCUT2D eigenvalue weighted by Gasteiger charge is -2.28. The molecule has 1 atom stereocenters. The molecule has 1 saturated carbocycles. The molecule has 1 saturated heterocycles. The predicted octanol–water partition coefficient (Wildman–Crippen LogP) is 1.90. The van der Waals surface area contributed by atoms with E-state index in [1.54, 1.807) is 0 Å². The summed E-state index contributed by atoms with van der Waals surface area (Å²) < 4.78 is 62.8. The van der Waals surface area contributed by atoms with Gasteiger partial charge in [0.25, 0.3) is 5.91 Å². The SMILES string of the molecule is O=C(c1cc(F)c(F)c(F)c1)N(C1CC1)C1CCS(=O)(=O)C1. The van der Waals surface area contributed by atoms with Crippen LogP contribution in [0.4, 0.5) is 13.2 Å². The highest BCUT2D eigenvalue weighted by atomic mass is 32.2. The van der Waals surface area contributed by atoms with Gasteiger partial charge < -0.3 is 4.90 Å². The largest absolute Gasteiger partial charge is 0.332 e. The number of hydrogen-bond donors (Lipinski definition) is 0. The van der Waals surface area contributed by atoms with Crippen molar-refractivity contribution in [1.82, 2.24) is 4.90 Å². The molecule has 0 spiro atoms. The van der Waals surface area contributed by atoms with Gasteiger partial charge in [-0.2, -0.15) is 0 Å². The van der Waals surface area contributed by atoms with Crippen LogP contribution in [0, 0.1) is 17.5 Å². The van der Waals surface area contributed by atoms with E-state index in [1.807, 2.05) is 0 Å². The van der Waals surface area contributed by atoms with Crippen LogP contribution in [0.1, 0.15) is 29.6 Å². The van der Waals surface area contributed by atoms with E-state index in [1.165, 1.54) is 4.90 Å². The molecule has 0 aromatic heterocycles. The fourth-order valence-electron chi connectivity index (χ4n) is 2.81. The van der Waals surface area contributed by atoms with Crippen molar-refractivity contribution in [1.29, 1.82) is 0 Å². The van der Waals surface area contributed by atoms with Gasteiger partial charge in [-0.05, 0) is 31.4 Å². The Labute approximate surface area is 125 Å². The molecule has 0 radical (unpaired) electrons. The quantitative estimate of drug-likeness (QED) is 0.794. The molecule has 1 aliphatic carbocycles. The van der Waals surface area contributed by atoms with Crippen LogP contribution in [0.2, 0.25) is 0 Å². The van der Waals surface area contributed by atoms with E-state index in [0.717, 1.165) is 12.8 Å². The average Bonchev–Trinajstić information content (AvgIpc) is 3.20. The first kappa shape index (κ1) is 15.3. The molecule has 1 heterocycles. The number of benzene rings is 1. The van der Waals surface area contributed by atoms with Gasteiger partial charge in [0.2, 0.25) is 0 Å². The van der Waals surface area contributed by atoms with Gasteiger partial charge >= 0.3 is 0 Å². The van der Waals surface area contributed by atoms with Gasteiger partial charge in [0, 0.05) is 17.6 Å². The van der Waals surface area contributed by atoms with Crippen molar-refractivity contribution in [2.24, 2.45) is 0 Å². The van der Waals surface area contributed by atoms with Gasteiger partial charge in [0.15, 0.2) is 27.3 Å². The molecular weight excluding hydrogens is 319 g/mol. The minimum Gasteiger partial charge on any atom is -0.332 e. The maximum atomic E-state index is 13.3. The second-order valence-electron chi connectivity index (χ2n) is 5.75. The Bertz CT molecular complexity index is 708. The van der Waals surface area contributed by atoms with E-state index in [-0.39, 0.29) is 23.1 Å². The van der Waals surface area contributed by atoms with E-state index < -0.39 is 39.2 Å². The summed E-state index contributed by atoms with van der Waals surface area (Å²) in [6.07, 6.45) is 1.78. The van der Waals surface area contributed by atoms with Crippen LogP contribution in [0.3, 0.4) is 0 Å². The molecule has 22 heavy (non-hydrogen) atoms. The molecule has 2 aliphatic rings. The normalized spacial score (nSPS) is 23.5. The van der Waals surface area contributed by atoms with E-state index in [0.29, 0.717) is 18.6 Å². The predicted molar refractivity (Wildman–Crippen MR) is 72.6 cm³/mol. The summed E-state index contributed by atoms with van der Waals surface area (Å²) in [6, 6.07) is 0.710. The van der Waals surface area contributed by atoms with Crippen molar-refractivity contribution >= 4 is 15.7 Å². The zero-order valence-electron chi connectivity index (χ0n) is 11.6. The lowest BCUT2D eigenvalue weighted by molar-refractivity contribution is 0.0679. The molecule has 1 aliphatic heterocycles. The van der Waals surface area contributed by atoms with Gasteiger partial charge in [-0.25, -0.2) is 21.6 Å². The highest BCUT2D eigenvalue weighted by Gasteiger charge is 2.42. The number of sulfone groups is 1. The Morgan fingerprint density at radius 1 is 1.05 bits per heavy atom. The maximum absolute atomic E-state index is 13.3. The third-order valence-electron chi connectivity index (χ3n) is 4.01. The van der Waals surface area contributed by atoms with Gasteiger partial charge in [-0.3, -0.25) is 4.79 Å². The van der Waals surface area contributed by atoms with Crippen molar-refractivity contribution in [2.75, 3.05) is 11.5 Å². The van der Waals surface area contributed by atoms with Crippen LogP contribution in [0.5, 0.6) is 0 Å². The smallest absolute Gasteiger partial charge is 0.254 e. The highest BCUT2D eigenvalue weighted by Crippen LogP contribution is 2.33. The molecule has 1 aromatic rings. The Morgan fingerprint density at radius 2 is 1.64 bits per heavy atom. The molecule has 120 valence electrons. The van der Waals surface area contributed by atoms with Crippen LogP contribution in [-0.4, -0.2) is 42.8 Å². The first-order valence-electron chi connectivity index (χ1n) is 6.96. The molecule has 3 rings (SSSR count). The summed E-state index contributed by atoms with van der Waals surface area (Å²) in [5.41, 5.74) is -0.299. The number of hydrogen-bond acceptors (Lipinski definition) is 3. The third kappa shape index (κ3) is 2.84. The van der Waals surface area contributed by atoms with Crippen LogP contribution in [-0.2, 0) is 9.84 Å². The van der Waals surface area contributed by atoms with Gasteiger partial charge in [0.05, 0.1) is 11.5 Å². The first-order chi connectivity index (χ1) is 10.3. The van der Waals surface area contributed by atoms with Crippen LogP contribution in [0.25, 0.3) is 0 Å². The summed E-state index contributed by atoms with van der Waals surface area (Å²) in [4.78, 5) is 13.9. The number of halogens is 3. The van der Waals surface area contributed by atoms with Gasteiger partial charge in [-0.15, -0.1) is 0 Å². The Hall–Kier alpha value is -1.57. The Kier molecular flexibility index (Phi) is 3.66. The van der Waals surface area contributed by atoms with Crippen molar-refractivity contribution in [3.8, 4) is 0 Å². The van der Waals surface area contributed by atoms with Crippen LogP contribution < -0.4 is 0 Å². The fraction of sp³-hybridized carbons (Fsp3) is 0.500. The van der Waals surface area contributed by atoms with E-state index in [4.69, 9.17) is 0 Å². The summed E-state index contributed by atoms with van der Waals surface area (Å²) in [6.45, 7) is 0. The molecule has 0 N–H and O–H groups in total. The van der Waals surface area contributed by atoms with Crippen molar-refractivity contribution in [3.63, 3.8) is 0 Å². The van der Waals surface area contributed by atoms with E-state index in [2.05, 4.69) is 0 Å². The molecule has 0 bridgehead atoms. The minimum absolute atomic E-state index is 0.000304. The summed E-state index contributed by atoms with van der Waals surface area (Å²) in [5.74, 6) is -5.28. The maximum Gasteiger partial charge on any atom is 0.254 e. The molecule has 1 amide bonds. The number of amides is 1. The van der Waals surface area contributed by atoms with E-state index >= 15 is 0 Å². The van der Waals surface area contributed by atoms with Gasteiger partial charge in [-0.1, -0.05) is 0 Å². The van der Waals surface area contributed by atoms with Crippen LogP contribution in [0.15, 0.2) is 12.1 Å². The second kappa shape index (κ2) is 5.26. The first-order valence-corrected chi connectivity index (χ1v) is 8.78. The number of carbonyl (C=O) groups is 1. The highest BCUT2D eigenvalue weighted by molar-refractivity contribution is 7.91. The number of nitrogens with zero attached hydrogens (tertiary/aromatic N) is 1. The van der Waals surface area contributed by atoms with Crippen LogP contribution >= 0.6 is 0 Å². The molecular formula is C14H14F3NO3S. The summed E-state index contributed by atoms with van der Waals surface area (Å²) in [5, 5.41) is 0. The summed E-state index contributed by atoms with van der Waals surface area (Å²) >= 11 is 0. The molecule has 4 nitrogen and oxygen atoms in total. The lowest BCUT2D eigenvalue weighted by Crippen LogP contribution is -2.42. The Morgan fingerprint density at radius 3 is 2.09 bits per heavy atom. The zero-order valence-corrected chi connectivity index (χ0v) is 12.4. The zero-order chi connectivity index (χ0) is 16.1. The lowest BCUT2D eigenvalue weighted by atomic mass is 10.1. The number of rotatable bonds is 3. The topological polar surface area (TPSA) is 54.5 Å². The molecule has 1 unspecified atom stereocenters. The monoisotopic (exact) mass is 333 g/mol. The Balaban J connectivity index is 1.91.